The fourth-order valence-electron chi connectivity index (χ4n) is 2.79. The van der Waals surface area contributed by atoms with Crippen molar-refractivity contribution in [3.05, 3.63) is 36.0 Å². The molecule has 0 unspecified atom stereocenters. The van der Waals surface area contributed by atoms with Crippen molar-refractivity contribution in [2.75, 3.05) is 25.1 Å². The standard InChI is InChI=1S/C17H20N4O2/c1-23-15-8-4-3-7-12(15)13-11-14(16(18)22)20-17(19-13)21-9-5-2-6-10-21/h3-4,7-8,11H,2,5-6,9-10H2,1H3,(H2,18,22). The minimum atomic E-state index is -0.554. The number of rotatable bonds is 4. The first kappa shape index (κ1) is 15.3. The average molecular weight is 312 g/mol. The Morgan fingerprint density at radius 2 is 1.91 bits per heavy atom. The van der Waals surface area contributed by atoms with Gasteiger partial charge >= 0.3 is 0 Å². The number of primary amides is 1. The number of nitrogens with zero attached hydrogens (tertiary/aromatic N) is 3. The maximum atomic E-state index is 11.7. The van der Waals surface area contributed by atoms with Crippen LogP contribution in [0.15, 0.2) is 30.3 Å². The molecule has 1 fully saturated rings. The zero-order chi connectivity index (χ0) is 16.2. The number of para-hydroxylation sites is 1. The van der Waals surface area contributed by atoms with Crippen LogP contribution in [0.1, 0.15) is 29.8 Å². The van der Waals surface area contributed by atoms with Gasteiger partial charge in [0.2, 0.25) is 5.95 Å². The summed E-state index contributed by atoms with van der Waals surface area (Å²) in [5, 5.41) is 0. The highest BCUT2D eigenvalue weighted by Crippen LogP contribution is 2.30. The molecule has 3 rings (SSSR count). The lowest BCUT2D eigenvalue weighted by molar-refractivity contribution is 0.0995. The second-order valence-corrected chi connectivity index (χ2v) is 5.55. The van der Waals surface area contributed by atoms with Crippen molar-refractivity contribution < 1.29 is 9.53 Å². The van der Waals surface area contributed by atoms with E-state index in [0.717, 1.165) is 31.5 Å². The van der Waals surface area contributed by atoms with Gasteiger partial charge in [-0.1, -0.05) is 12.1 Å². The Hall–Kier alpha value is -2.63. The van der Waals surface area contributed by atoms with E-state index in [0.29, 0.717) is 17.4 Å². The molecule has 0 spiro atoms. The van der Waals surface area contributed by atoms with Gasteiger partial charge in [-0.2, -0.15) is 0 Å². The Morgan fingerprint density at radius 3 is 2.61 bits per heavy atom. The van der Waals surface area contributed by atoms with Crippen LogP contribution in [0.3, 0.4) is 0 Å². The van der Waals surface area contributed by atoms with Gasteiger partial charge in [0.05, 0.1) is 12.8 Å². The second kappa shape index (κ2) is 6.64. The SMILES string of the molecule is COc1ccccc1-c1cc(C(N)=O)nc(N2CCCCC2)n1. The van der Waals surface area contributed by atoms with Crippen molar-refractivity contribution >= 4 is 11.9 Å². The number of nitrogens with two attached hydrogens (primary N) is 1. The highest BCUT2D eigenvalue weighted by atomic mass is 16.5. The minimum Gasteiger partial charge on any atom is -0.496 e. The van der Waals surface area contributed by atoms with Crippen molar-refractivity contribution in [3.8, 4) is 17.0 Å². The van der Waals surface area contributed by atoms with E-state index < -0.39 is 5.91 Å². The van der Waals surface area contributed by atoms with Crippen LogP contribution in [0, 0.1) is 0 Å². The quantitative estimate of drug-likeness (QED) is 0.936. The molecule has 2 aromatic rings. The lowest BCUT2D eigenvalue weighted by Gasteiger charge is -2.27. The van der Waals surface area contributed by atoms with E-state index in [4.69, 9.17) is 10.5 Å². The van der Waals surface area contributed by atoms with E-state index in [2.05, 4.69) is 14.9 Å². The van der Waals surface area contributed by atoms with Crippen LogP contribution in [0.5, 0.6) is 5.75 Å². The zero-order valence-electron chi connectivity index (χ0n) is 13.2. The maximum absolute atomic E-state index is 11.7. The molecule has 1 aromatic carbocycles. The van der Waals surface area contributed by atoms with Gasteiger partial charge in [-0.3, -0.25) is 4.79 Å². The van der Waals surface area contributed by atoms with E-state index in [9.17, 15) is 4.79 Å². The van der Waals surface area contributed by atoms with Crippen LogP contribution >= 0.6 is 0 Å². The Kier molecular flexibility index (Phi) is 4.41. The first-order valence-corrected chi connectivity index (χ1v) is 7.76. The average Bonchev–Trinajstić information content (AvgIpc) is 2.62. The van der Waals surface area contributed by atoms with Gasteiger partial charge in [-0.15, -0.1) is 0 Å². The van der Waals surface area contributed by atoms with Gasteiger partial charge in [0.25, 0.3) is 5.91 Å². The molecule has 1 amide bonds. The van der Waals surface area contributed by atoms with Crippen LogP contribution in [0.2, 0.25) is 0 Å². The number of carbonyl (C=O) groups excluding carboxylic acids is 1. The molecular weight excluding hydrogens is 292 g/mol. The van der Waals surface area contributed by atoms with E-state index in [-0.39, 0.29) is 5.69 Å². The number of hydrogen-bond donors (Lipinski definition) is 1. The third-order valence-electron chi connectivity index (χ3n) is 3.99. The number of carbonyl (C=O) groups is 1. The summed E-state index contributed by atoms with van der Waals surface area (Å²) in [4.78, 5) is 22.7. The second-order valence-electron chi connectivity index (χ2n) is 5.55. The lowest BCUT2D eigenvalue weighted by Crippen LogP contribution is -2.31. The Morgan fingerprint density at radius 1 is 1.17 bits per heavy atom. The Bertz CT molecular complexity index is 711. The molecule has 1 saturated heterocycles. The number of amides is 1. The van der Waals surface area contributed by atoms with Crippen molar-refractivity contribution in [1.29, 1.82) is 0 Å². The van der Waals surface area contributed by atoms with Gasteiger partial charge in [0.1, 0.15) is 11.4 Å². The topological polar surface area (TPSA) is 81.3 Å². The summed E-state index contributed by atoms with van der Waals surface area (Å²) in [7, 11) is 1.61. The molecule has 120 valence electrons. The number of hydrogen-bond acceptors (Lipinski definition) is 5. The molecule has 0 radical (unpaired) electrons. The molecule has 2 heterocycles. The molecule has 23 heavy (non-hydrogen) atoms. The molecule has 0 aliphatic carbocycles. The lowest BCUT2D eigenvalue weighted by atomic mass is 10.1. The van der Waals surface area contributed by atoms with Gasteiger partial charge < -0.3 is 15.4 Å². The summed E-state index contributed by atoms with van der Waals surface area (Å²) in [6.07, 6.45) is 3.42. The highest BCUT2D eigenvalue weighted by Gasteiger charge is 2.18. The third-order valence-corrected chi connectivity index (χ3v) is 3.99. The number of benzene rings is 1. The number of aromatic nitrogens is 2. The van der Waals surface area contributed by atoms with Crippen LogP contribution < -0.4 is 15.4 Å². The predicted octanol–water partition coefficient (Wildman–Crippen LogP) is 2.24. The number of anilines is 1. The summed E-state index contributed by atoms with van der Waals surface area (Å²) in [5.74, 6) is 0.704. The van der Waals surface area contributed by atoms with Gasteiger partial charge in [0, 0.05) is 18.7 Å². The molecule has 1 aliphatic heterocycles. The van der Waals surface area contributed by atoms with Crippen molar-refractivity contribution in [3.63, 3.8) is 0 Å². The Balaban J connectivity index is 2.08. The summed E-state index contributed by atoms with van der Waals surface area (Å²) in [6, 6.07) is 9.19. The molecular formula is C17H20N4O2. The van der Waals surface area contributed by atoms with E-state index >= 15 is 0 Å². The summed E-state index contributed by atoms with van der Waals surface area (Å²) in [6.45, 7) is 1.79. The molecule has 6 heteroatoms. The van der Waals surface area contributed by atoms with Gasteiger partial charge in [-0.25, -0.2) is 9.97 Å². The van der Waals surface area contributed by atoms with Crippen LogP contribution in [0.4, 0.5) is 5.95 Å². The molecule has 0 bridgehead atoms. The van der Waals surface area contributed by atoms with E-state index in [1.807, 2.05) is 24.3 Å². The first-order valence-electron chi connectivity index (χ1n) is 7.76. The largest absolute Gasteiger partial charge is 0.496 e. The highest BCUT2D eigenvalue weighted by molar-refractivity contribution is 5.92. The fourth-order valence-corrected chi connectivity index (χ4v) is 2.79. The maximum Gasteiger partial charge on any atom is 0.267 e. The van der Waals surface area contributed by atoms with Crippen LogP contribution in [0.25, 0.3) is 11.3 Å². The van der Waals surface area contributed by atoms with E-state index in [1.165, 1.54) is 6.42 Å². The summed E-state index contributed by atoms with van der Waals surface area (Å²) < 4.78 is 5.40. The van der Waals surface area contributed by atoms with Crippen LogP contribution in [-0.2, 0) is 0 Å². The van der Waals surface area contributed by atoms with Gasteiger partial charge in [-0.05, 0) is 37.5 Å². The smallest absolute Gasteiger partial charge is 0.267 e. The fraction of sp³-hybridized carbons (Fsp3) is 0.353. The van der Waals surface area contributed by atoms with Crippen molar-refractivity contribution in [2.24, 2.45) is 5.73 Å². The molecule has 6 nitrogen and oxygen atoms in total. The van der Waals surface area contributed by atoms with Crippen LogP contribution in [-0.4, -0.2) is 36.1 Å². The third kappa shape index (κ3) is 3.26. The zero-order valence-corrected chi connectivity index (χ0v) is 13.2. The Labute approximate surface area is 135 Å². The molecule has 1 aliphatic rings. The number of methoxy groups -OCH3 is 1. The summed E-state index contributed by atoms with van der Waals surface area (Å²) >= 11 is 0. The minimum absolute atomic E-state index is 0.224. The molecule has 0 atom stereocenters. The van der Waals surface area contributed by atoms with Crippen molar-refractivity contribution in [2.45, 2.75) is 19.3 Å². The molecule has 1 aromatic heterocycles. The number of piperidine rings is 1. The van der Waals surface area contributed by atoms with Crippen molar-refractivity contribution in [1.82, 2.24) is 9.97 Å². The van der Waals surface area contributed by atoms with Gasteiger partial charge in [0.15, 0.2) is 0 Å². The number of ether oxygens (including phenoxy) is 1. The predicted molar refractivity (Wildman–Crippen MR) is 88.6 cm³/mol. The normalized spacial score (nSPS) is 14.6. The monoisotopic (exact) mass is 312 g/mol. The molecule has 2 N–H and O–H groups in total. The summed E-state index contributed by atoms with van der Waals surface area (Å²) in [5.41, 5.74) is 7.14. The van der Waals surface area contributed by atoms with E-state index in [1.54, 1.807) is 13.2 Å². The first-order chi connectivity index (χ1) is 11.2. The molecule has 0 saturated carbocycles.